The minimum Gasteiger partial charge on any atom is -0.481 e. The number of hydrogen-bond donors (Lipinski definition) is 2. The Bertz CT molecular complexity index is 528. The Labute approximate surface area is 143 Å². The second-order valence-corrected chi connectivity index (χ2v) is 6.35. The molecule has 1 aromatic rings. The number of benzene rings is 1. The maximum absolute atomic E-state index is 12.0. The minimum atomic E-state index is -0.721. The van der Waals surface area contributed by atoms with E-state index < -0.39 is 5.97 Å². The van der Waals surface area contributed by atoms with Crippen LogP contribution in [-0.2, 0) is 9.59 Å². The molecule has 24 heavy (non-hydrogen) atoms. The fourth-order valence-electron chi connectivity index (χ4n) is 2.95. The Morgan fingerprint density at radius 2 is 1.92 bits per heavy atom. The summed E-state index contributed by atoms with van der Waals surface area (Å²) in [5.74, 6) is -0.953. The van der Waals surface area contributed by atoms with Crippen molar-refractivity contribution in [3.63, 3.8) is 0 Å². The molecule has 1 amide bonds. The number of carbonyl (C=O) groups is 2. The second kappa shape index (κ2) is 9.27. The van der Waals surface area contributed by atoms with Gasteiger partial charge in [-0.2, -0.15) is 0 Å². The van der Waals surface area contributed by atoms with E-state index in [0.29, 0.717) is 39.0 Å². The van der Waals surface area contributed by atoms with E-state index in [2.05, 4.69) is 22.3 Å². The fourth-order valence-corrected chi connectivity index (χ4v) is 2.95. The summed E-state index contributed by atoms with van der Waals surface area (Å²) in [4.78, 5) is 27.1. The highest BCUT2D eigenvalue weighted by Gasteiger charge is 2.25. The fraction of sp³-hybridized carbons (Fsp3) is 0.556. The number of aliphatic carboxylic acids is 1. The molecule has 1 heterocycles. The van der Waals surface area contributed by atoms with Crippen molar-refractivity contribution in [3.05, 3.63) is 30.3 Å². The first-order valence-electron chi connectivity index (χ1n) is 8.54. The number of nitrogens with zero attached hydrogens (tertiary/aromatic N) is 2. The van der Waals surface area contributed by atoms with E-state index >= 15 is 0 Å². The van der Waals surface area contributed by atoms with Crippen LogP contribution in [0.15, 0.2) is 30.3 Å². The SMILES string of the molecule is CN(CCCNC(=O)CN1CCC(C(=O)O)CC1)c1ccccc1. The highest BCUT2D eigenvalue weighted by molar-refractivity contribution is 5.78. The summed E-state index contributed by atoms with van der Waals surface area (Å²) in [5.41, 5.74) is 1.17. The van der Waals surface area contributed by atoms with E-state index in [1.54, 1.807) is 0 Å². The highest BCUT2D eigenvalue weighted by Crippen LogP contribution is 2.16. The number of carboxylic acids is 1. The quantitative estimate of drug-likeness (QED) is 0.704. The van der Waals surface area contributed by atoms with Gasteiger partial charge in [0.15, 0.2) is 0 Å². The molecule has 6 heteroatoms. The van der Waals surface area contributed by atoms with Gasteiger partial charge in [-0.15, -0.1) is 0 Å². The minimum absolute atomic E-state index is 0.0196. The molecule has 0 atom stereocenters. The molecule has 0 saturated carbocycles. The van der Waals surface area contributed by atoms with E-state index in [1.165, 1.54) is 5.69 Å². The molecule has 1 fully saturated rings. The molecule has 1 aliphatic heterocycles. The number of anilines is 1. The Morgan fingerprint density at radius 3 is 2.54 bits per heavy atom. The zero-order chi connectivity index (χ0) is 17.4. The van der Waals surface area contributed by atoms with Crippen molar-refractivity contribution >= 4 is 17.6 Å². The molecule has 6 nitrogen and oxygen atoms in total. The molecule has 0 bridgehead atoms. The van der Waals surface area contributed by atoms with Gasteiger partial charge >= 0.3 is 5.97 Å². The Morgan fingerprint density at radius 1 is 1.25 bits per heavy atom. The van der Waals surface area contributed by atoms with Crippen molar-refractivity contribution in [2.75, 3.05) is 44.7 Å². The zero-order valence-corrected chi connectivity index (χ0v) is 14.3. The lowest BCUT2D eigenvalue weighted by Crippen LogP contribution is -2.43. The van der Waals surface area contributed by atoms with E-state index in [-0.39, 0.29) is 11.8 Å². The molecule has 0 aromatic heterocycles. The summed E-state index contributed by atoms with van der Waals surface area (Å²) in [6.07, 6.45) is 2.15. The van der Waals surface area contributed by atoms with Gasteiger partial charge in [0.1, 0.15) is 0 Å². The maximum atomic E-state index is 12.0. The molecule has 0 radical (unpaired) electrons. The van der Waals surface area contributed by atoms with Gasteiger partial charge in [0.05, 0.1) is 12.5 Å². The third-order valence-electron chi connectivity index (χ3n) is 4.49. The average molecular weight is 333 g/mol. The summed E-state index contributed by atoms with van der Waals surface area (Å²) in [6.45, 7) is 3.26. The molecule has 1 aromatic carbocycles. The van der Waals surface area contributed by atoms with Gasteiger partial charge in [-0.25, -0.2) is 0 Å². The summed E-state index contributed by atoms with van der Waals surface area (Å²) in [7, 11) is 2.05. The maximum Gasteiger partial charge on any atom is 0.306 e. The molecule has 0 unspecified atom stereocenters. The van der Waals surface area contributed by atoms with Gasteiger partial charge in [-0.1, -0.05) is 18.2 Å². The number of likely N-dealkylation sites (tertiary alicyclic amines) is 1. The van der Waals surface area contributed by atoms with Gasteiger partial charge in [-0.05, 0) is 44.5 Å². The van der Waals surface area contributed by atoms with Crippen LogP contribution in [-0.4, -0.2) is 61.7 Å². The van der Waals surface area contributed by atoms with Crippen LogP contribution >= 0.6 is 0 Å². The largest absolute Gasteiger partial charge is 0.481 e. The number of piperidine rings is 1. The van der Waals surface area contributed by atoms with Crippen molar-refractivity contribution in [1.29, 1.82) is 0 Å². The van der Waals surface area contributed by atoms with Crippen LogP contribution in [0.2, 0.25) is 0 Å². The molecule has 0 aliphatic carbocycles. The number of hydrogen-bond acceptors (Lipinski definition) is 4. The Hall–Kier alpha value is -2.08. The van der Waals surface area contributed by atoms with Crippen LogP contribution in [0.25, 0.3) is 0 Å². The summed E-state index contributed by atoms with van der Waals surface area (Å²) < 4.78 is 0. The van der Waals surface area contributed by atoms with E-state index in [4.69, 9.17) is 5.11 Å². The van der Waals surface area contributed by atoms with E-state index in [9.17, 15) is 9.59 Å². The monoisotopic (exact) mass is 333 g/mol. The van der Waals surface area contributed by atoms with Crippen LogP contribution in [0, 0.1) is 5.92 Å². The molecule has 132 valence electrons. The van der Waals surface area contributed by atoms with Crippen LogP contribution in [0.4, 0.5) is 5.69 Å². The van der Waals surface area contributed by atoms with Crippen molar-refractivity contribution in [1.82, 2.24) is 10.2 Å². The lowest BCUT2D eigenvalue weighted by molar-refractivity contribution is -0.143. The number of carboxylic acid groups (broad SMARTS) is 1. The Kier molecular flexibility index (Phi) is 7.06. The normalized spacial score (nSPS) is 15.9. The molecule has 2 rings (SSSR count). The molecular weight excluding hydrogens is 306 g/mol. The van der Waals surface area contributed by atoms with Gasteiger partial charge < -0.3 is 15.3 Å². The van der Waals surface area contributed by atoms with Crippen molar-refractivity contribution in [2.24, 2.45) is 5.92 Å². The summed E-state index contributed by atoms with van der Waals surface area (Å²) in [6, 6.07) is 10.2. The lowest BCUT2D eigenvalue weighted by atomic mass is 9.97. The number of nitrogens with one attached hydrogen (secondary N) is 1. The van der Waals surface area contributed by atoms with Gasteiger partial charge in [0, 0.05) is 25.8 Å². The number of para-hydroxylation sites is 1. The zero-order valence-electron chi connectivity index (χ0n) is 14.3. The molecule has 2 N–H and O–H groups in total. The third kappa shape index (κ3) is 5.85. The molecule has 1 aliphatic rings. The predicted octanol–water partition coefficient (Wildman–Crippen LogP) is 1.43. The van der Waals surface area contributed by atoms with E-state index in [1.807, 2.05) is 30.1 Å². The van der Waals surface area contributed by atoms with Crippen molar-refractivity contribution in [3.8, 4) is 0 Å². The van der Waals surface area contributed by atoms with Gasteiger partial charge in [0.25, 0.3) is 0 Å². The smallest absolute Gasteiger partial charge is 0.306 e. The van der Waals surface area contributed by atoms with E-state index in [0.717, 1.165) is 13.0 Å². The first-order valence-corrected chi connectivity index (χ1v) is 8.54. The second-order valence-electron chi connectivity index (χ2n) is 6.35. The van der Waals surface area contributed by atoms with Crippen molar-refractivity contribution in [2.45, 2.75) is 19.3 Å². The predicted molar refractivity (Wildman–Crippen MR) is 94.1 cm³/mol. The average Bonchev–Trinajstić information content (AvgIpc) is 2.59. The number of carbonyl (C=O) groups excluding carboxylic acids is 1. The third-order valence-corrected chi connectivity index (χ3v) is 4.49. The van der Waals surface area contributed by atoms with Crippen LogP contribution in [0.3, 0.4) is 0 Å². The topological polar surface area (TPSA) is 72.9 Å². The number of rotatable bonds is 8. The lowest BCUT2D eigenvalue weighted by Gasteiger charge is -2.29. The summed E-state index contributed by atoms with van der Waals surface area (Å²) in [5, 5.41) is 11.9. The van der Waals surface area contributed by atoms with Gasteiger partial charge in [-0.3, -0.25) is 14.5 Å². The standard InChI is InChI=1S/C18H27N3O3/c1-20(16-6-3-2-4-7-16)11-5-10-19-17(22)14-21-12-8-15(9-13-21)18(23)24/h2-4,6-7,15H,5,8-14H2,1H3,(H,19,22)(H,23,24). The van der Waals surface area contributed by atoms with Gasteiger partial charge in [0.2, 0.25) is 5.91 Å². The first-order chi connectivity index (χ1) is 11.6. The summed E-state index contributed by atoms with van der Waals surface area (Å²) >= 11 is 0. The van der Waals surface area contributed by atoms with Crippen LogP contribution in [0.5, 0.6) is 0 Å². The number of amides is 1. The molecular formula is C18H27N3O3. The first kappa shape index (κ1) is 18.3. The Balaban J connectivity index is 1.58. The highest BCUT2D eigenvalue weighted by atomic mass is 16.4. The molecule has 1 saturated heterocycles. The van der Waals surface area contributed by atoms with Crippen LogP contribution in [0.1, 0.15) is 19.3 Å². The molecule has 0 spiro atoms. The van der Waals surface area contributed by atoms with Crippen LogP contribution < -0.4 is 10.2 Å². The van der Waals surface area contributed by atoms with Crippen molar-refractivity contribution < 1.29 is 14.7 Å².